The number of hydrogen-bond acceptors (Lipinski definition) is 7. The number of benzene rings is 2. The van der Waals surface area contributed by atoms with E-state index >= 15 is 0 Å². The third-order valence-corrected chi connectivity index (χ3v) is 5.20. The Morgan fingerprint density at radius 1 is 1.15 bits per heavy atom. The number of aromatic amines is 1. The van der Waals surface area contributed by atoms with Crippen LogP contribution in [0.3, 0.4) is 0 Å². The zero-order chi connectivity index (χ0) is 23.1. The summed E-state index contributed by atoms with van der Waals surface area (Å²) in [5, 5.41) is 2.97. The second kappa shape index (κ2) is 7.97. The zero-order valence-electron chi connectivity index (χ0n) is 17.5. The zero-order valence-corrected chi connectivity index (χ0v) is 17.5. The lowest BCUT2D eigenvalue weighted by molar-refractivity contribution is 0.382. The molecular weight excluding hydrogens is 432 g/mol. The van der Waals surface area contributed by atoms with Crippen molar-refractivity contribution in [3.8, 4) is 17.1 Å². The number of nitrogens with zero attached hydrogens (tertiary/aromatic N) is 3. The first-order chi connectivity index (χ1) is 16.0. The van der Waals surface area contributed by atoms with Crippen LogP contribution in [0.15, 0.2) is 58.0 Å². The number of aromatic nitrogens is 4. The summed E-state index contributed by atoms with van der Waals surface area (Å²) in [6, 6.07) is 9.09. The van der Waals surface area contributed by atoms with Crippen LogP contribution >= 0.6 is 0 Å². The van der Waals surface area contributed by atoms with Crippen LogP contribution in [0, 0.1) is 11.6 Å². The highest BCUT2D eigenvalue weighted by Gasteiger charge is 2.24. The number of imidazole rings is 1. The normalized spacial score (nSPS) is 12.2. The van der Waals surface area contributed by atoms with E-state index in [1.54, 1.807) is 13.0 Å². The van der Waals surface area contributed by atoms with Crippen LogP contribution in [0.5, 0.6) is 6.01 Å². The first-order valence-corrected chi connectivity index (χ1v) is 9.99. The van der Waals surface area contributed by atoms with Crippen molar-refractivity contribution in [3.63, 3.8) is 0 Å². The predicted molar refractivity (Wildman–Crippen MR) is 118 cm³/mol. The monoisotopic (exact) mass is 449 g/mol. The topological polar surface area (TPSA) is 106 Å². The van der Waals surface area contributed by atoms with Crippen molar-refractivity contribution >= 4 is 28.0 Å². The van der Waals surface area contributed by atoms with E-state index in [0.29, 0.717) is 17.0 Å². The second-order valence-electron chi connectivity index (χ2n) is 7.32. The Hall–Kier alpha value is -4.34. The van der Waals surface area contributed by atoms with Crippen molar-refractivity contribution in [1.29, 1.82) is 0 Å². The van der Waals surface area contributed by atoms with Crippen molar-refractivity contribution in [3.05, 3.63) is 76.4 Å². The molecule has 0 fully saturated rings. The molecule has 0 aliphatic rings. The number of rotatable bonds is 5. The van der Waals surface area contributed by atoms with Gasteiger partial charge in [-0.05, 0) is 36.8 Å². The molecule has 33 heavy (non-hydrogen) atoms. The van der Waals surface area contributed by atoms with Gasteiger partial charge in [-0.25, -0.2) is 13.8 Å². The van der Waals surface area contributed by atoms with Crippen LogP contribution in [0.1, 0.15) is 18.7 Å². The fraction of sp³-hybridized carbons (Fsp3) is 0.130. The van der Waals surface area contributed by atoms with E-state index in [1.807, 2.05) is 0 Å². The molecule has 3 heterocycles. The van der Waals surface area contributed by atoms with Gasteiger partial charge >= 0.3 is 6.01 Å². The largest absolute Gasteiger partial charge is 0.467 e. The molecule has 5 aromatic rings. The smallest absolute Gasteiger partial charge is 0.320 e. The molecule has 0 bridgehead atoms. The SMILES string of the molecule is COc1nc(NC(C)c2oc3cccc(F)c3c(=O)c2-c2cccc(F)c2)c2[nH]cnc2n1. The van der Waals surface area contributed by atoms with Gasteiger partial charge in [-0.3, -0.25) is 4.79 Å². The van der Waals surface area contributed by atoms with Crippen molar-refractivity contribution in [2.45, 2.75) is 13.0 Å². The van der Waals surface area contributed by atoms with Crippen LogP contribution in [-0.2, 0) is 0 Å². The van der Waals surface area contributed by atoms with Gasteiger partial charge < -0.3 is 19.5 Å². The van der Waals surface area contributed by atoms with Gasteiger partial charge in [0.2, 0.25) is 5.43 Å². The van der Waals surface area contributed by atoms with Gasteiger partial charge in [0.05, 0.1) is 25.0 Å². The van der Waals surface area contributed by atoms with E-state index in [1.165, 1.54) is 49.8 Å². The van der Waals surface area contributed by atoms with Crippen LogP contribution < -0.4 is 15.5 Å². The number of hydrogen-bond donors (Lipinski definition) is 2. The molecule has 1 unspecified atom stereocenters. The Morgan fingerprint density at radius 3 is 2.76 bits per heavy atom. The van der Waals surface area contributed by atoms with E-state index in [2.05, 4.69) is 25.3 Å². The summed E-state index contributed by atoms with van der Waals surface area (Å²) >= 11 is 0. The summed E-state index contributed by atoms with van der Waals surface area (Å²) in [4.78, 5) is 29.0. The van der Waals surface area contributed by atoms with Gasteiger partial charge in [-0.15, -0.1) is 0 Å². The molecule has 2 aromatic carbocycles. The number of nitrogens with one attached hydrogen (secondary N) is 2. The summed E-state index contributed by atoms with van der Waals surface area (Å²) in [7, 11) is 1.43. The molecule has 5 rings (SSSR count). The van der Waals surface area contributed by atoms with Crippen molar-refractivity contribution in [1.82, 2.24) is 19.9 Å². The van der Waals surface area contributed by atoms with Crippen LogP contribution in [0.4, 0.5) is 14.6 Å². The highest BCUT2D eigenvalue weighted by Crippen LogP contribution is 2.32. The number of halogens is 2. The van der Waals surface area contributed by atoms with Crippen LogP contribution in [0.25, 0.3) is 33.3 Å². The van der Waals surface area contributed by atoms with Gasteiger partial charge in [0.25, 0.3) is 0 Å². The predicted octanol–water partition coefficient (Wildman–Crippen LogP) is 4.59. The maximum Gasteiger partial charge on any atom is 0.320 e. The van der Waals surface area contributed by atoms with Crippen LogP contribution in [0.2, 0.25) is 0 Å². The maximum absolute atomic E-state index is 14.5. The minimum atomic E-state index is -0.717. The molecule has 10 heteroatoms. The molecule has 0 spiro atoms. The molecule has 0 aliphatic carbocycles. The van der Waals surface area contributed by atoms with E-state index in [-0.39, 0.29) is 33.9 Å². The molecule has 3 aromatic heterocycles. The van der Waals surface area contributed by atoms with E-state index < -0.39 is 23.1 Å². The third kappa shape index (κ3) is 3.55. The molecular formula is C23H17F2N5O3. The average molecular weight is 449 g/mol. The molecule has 0 amide bonds. The standard InChI is InChI=1S/C23H17F2N5O3/c1-11(28-22-18-21(27-10-26-18)29-23(30-22)32-2)20-16(12-5-3-6-13(24)9-12)19(31)17-14(25)7-4-8-15(17)33-20/h3-11H,1-2H3,(H2,26,27,28,29,30). The Bertz CT molecular complexity index is 1560. The molecule has 0 saturated heterocycles. The molecule has 8 nitrogen and oxygen atoms in total. The van der Waals surface area contributed by atoms with E-state index in [4.69, 9.17) is 9.15 Å². The van der Waals surface area contributed by atoms with E-state index in [9.17, 15) is 13.6 Å². The maximum atomic E-state index is 14.5. The Morgan fingerprint density at radius 2 is 1.97 bits per heavy atom. The van der Waals surface area contributed by atoms with E-state index in [0.717, 1.165) is 0 Å². The second-order valence-corrected chi connectivity index (χ2v) is 7.32. The first kappa shape index (κ1) is 20.6. The van der Waals surface area contributed by atoms with Gasteiger partial charge in [-0.1, -0.05) is 18.2 Å². The lowest BCUT2D eigenvalue weighted by atomic mass is 9.99. The summed E-state index contributed by atoms with van der Waals surface area (Å²) < 4.78 is 39.7. The van der Waals surface area contributed by atoms with Gasteiger partial charge in [0.15, 0.2) is 11.5 Å². The number of fused-ring (bicyclic) bond motifs is 2. The summed E-state index contributed by atoms with van der Waals surface area (Å²) in [6.07, 6.45) is 1.46. The molecule has 2 N–H and O–H groups in total. The Labute approximate surface area is 185 Å². The number of anilines is 1. The van der Waals surface area contributed by atoms with Crippen molar-refractivity contribution < 1.29 is 17.9 Å². The summed E-state index contributed by atoms with van der Waals surface area (Å²) in [5.74, 6) is -0.708. The molecule has 166 valence electrons. The van der Waals surface area contributed by atoms with Gasteiger partial charge in [-0.2, -0.15) is 9.97 Å². The number of ether oxygens (including phenoxy) is 1. The molecule has 0 saturated carbocycles. The quantitative estimate of drug-likeness (QED) is 0.404. The third-order valence-electron chi connectivity index (χ3n) is 5.20. The number of H-pyrrole nitrogens is 1. The minimum absolute atomic E-state index is 0.0500. The first-order valence-electron chi connectivity index (χ1n) is 9.99. The number of methoxy groups -OCH3 is 1. The Kier molecular flexibility index (Phi) is 4.97. The minimum Gasteiger partial charge on any atom is -0.467 e. The molecule has 0 radical (unpaired) electrons. The molecule has 1 atom stereocenters. The average Bonchev–Trinajstić information content (AvgIpc) is 3.27. The summed E-state index contributed by atoms with van der Waals surface area (Å²) in [5.41, 5.74) is 0.692. The fourth-order valence-electron chi connectivity index (χ4n) is 3.72. The van der Waals surface area contributed by atoms with Crippen molar-refractivity contribution in [2.24, 2.45) is 0 Å². The lowest BCUT2D eigenvalue weighted by Crippen LogP contribution is -2.17. The highest BCUT2D eigenvalue weighted by atomic mass is 19.1. The van der Waals surface area contributed by atoms with Gasteiger partial charge in [0, 0.05) is 0 Å². The fourth-order valence-corrected chi connectivity index (χ4v) is 3.72. The molecule has 0 aliphatic heterocycles. The lowest BCUT2D eigenvalue weighted by Gasteiger charge is -2.18. The van der Waals surface area contributed by atoms with Gasteiger partial charge in [0.1, 0.15) is 33.9 Å². The Balaban J connectivity index is 1.71. The van der Waals surface area contributed by atoms with Crippen LogP contribution in [-0.4, -0.2) is 27.0 Å². The highest BCUT2D eigenvalue weighted by molar-refractivity contribution is 5.85. The van der Waals surface area contributed by atoms with Crippen molar-refractivity contribution in [2.75, 3.05) is 12.4 Å². The summed E-state index contributed by atoms with van der Waals surface area (Å²) in [6.45, 7) is 1.74.